The van der Waals surface area contributed by atoms with Crippen LogP contribution in [0.15, 0.2) is 4.99 Å². The van der Waals surface area contributed by atoms with E-state index in [0.29, 0.717) is 6.04 Å². The molecule has 2 heterocycles. The summed E-state index contributed by atoms with van der Waals surface area (Å²) in [5, 5.41) is 6.91. The van der Waals surface area contributed by atoms with Crippen molar-refractivity contribution in [3.8, 4) is 0 Å². The van der Waals surface area contributed by atoms with Crippen LogP contribution in [0.5, 0.6) is 0 Å². The number of nitrogens with one attached hydrogen (secondary N) is 2. The van der Waals surface area contributed by atoms with E-state index in [9.17, 15) is 4.79 Å². The summed E-state index contributed by atoms with van der Waals surface area (Å²) in [4.78, 5) is 21.0. The van der Waals surface area contributed by atoms with Crippen molar-refractivity contribution < 1.29 is 4.79 Å². The van der Waals surface area contributed by atoms with E-state index < -0.39 is 0 Å². The minimum atomic E-state index is 0.0754. The lowest BCUT2D eigenvalue weighted by molar-refractivity contribution is -0.133. The highest BCUT2D eigenvalue weighted by Gasteiger charge is 2.28. The van der Waals surface area contributed by atoms with Crippen LogP contribution in [-0.4, -0.2) is 74.0 Å². The molecule has 0 aliphatic carbocycles. The molecule has 0 aromatic heterocycles. The van der Waals surface area contributed by atoms with Crippen LogP contribution in [0, 0.1) is 17.8 Å². The van der Waals surface area contributed by atoms with Gasteiger partial charge in [-0.3, -0.25) is 9.79 Å². The van der Waals surface area contributed by atoms with Gasteiger partial charge in [0.1, 0.15) is 0 Å². The fourth-order valence-electron chi connectivity index (χ4n) is 4.32. The van der Waals surface area contributed by atoms with Crippen LogP contribution in [0.3, 0.4) is 0 Å². The molecule has 3 atom stereocenters. The summed E-state index contributed by atoms with van der Waals surface area (Å²) >= 11 is 0. The molecule has 2 aliphatic heterocycles. The zero-order valence-electron chi connectivity index (χ0n) is 17.4. The molecule has 2 aliphatic rings. The standard InChI is InChI=1S/C20H39N5O/c1-15(2)19(26)25-10-7-18(14-25)23-20(21-5)22-8-6-9-24-12-16(3)11-17(4)13-24/h15-18H,6-14H2,1-5H3,(H2,21,22,23). The first kappa shape index (κ1) is 21.0. The lowest BCUT2D eigenvalue weighted by Crippen LogP contribution is -2.46. The van der Waals surface area contributed by atoms with Crippen molar-refractivity contribution in [3.05, 3.63) is 0 Å². The van der Waals surface area contributed by atoms with Gasteiger partial charge in [0.2, 0.25) is 5.91 Å². The van der Waals surface area contributed by atoms with Gasteiger partial charge in [-0.15, -0.1) is 0 Å². The van der Waals surface area contributed by atoms with Gasteiger partial charge in [0.05, 0.1) is 0 Å². The second-order valence-electron chi connectivity index (χ2n) is 8.63. The first-order valence-electron chi connectivity index (χ1n) is 10.4. The Morgan fingerprint density at radius 3 is 2.50 bits per heavy atom. The van der Waals surface area contributed by atoms with Crippen molar-refractivity contribution in [3.63, 3.8) is 0 Å². The molecule has 0 spiro atoms. The van der Waals surface area contributed by atoms with Crippen LogP contribution in [0.25, 0.3) is 0 Å². The van der Waals surface area contributed by atoms with Crippen LogP contribution in [0.4, 0.5) is 0 Å². The normalized spacial score (nSPS) is 27.8. The number of carbonyl (C=O) groups excluding carboxylic acids is 1. The Bertz CT molecular complexity index is 469. The molecule has 2 saturated heterocycles. The first-order valence-corrected chi connectivity index (χ1v) is 10.4. The number of aliphatic imine (C=N–C) groups is 1. The lowest BCUT2D eigenvalue weighted by atomic mass is 9.92. The Hall–Kier alpha value is -1.30. The first-order chi connectivity index (χ1) is 12.4. The molecular formula is C20H39N5O. The molecule has 3 unspecified atom stereocenters. The van der Waals surface area contributed by atoms with Gasteiger partial charge in [-0.05, 0) is 37.6 Å². The smallest absolute Gasteiger partial charge is 0.225 e. The number of carbonyl (C=O) groups is 1. The second-order valence-corrected chi connectivity index (χ2v) is 8.63. The van der Waals surface area contributed by atoms with Crippen molar-refractivity contribution in [2.45, 2.75) is 53.0 Å². The van der Waals surface area contributed by atoms with Crippen molar-refractivity contribution >= 4 is 11.9 Å². The zero-order valence-corrected chi connectivity index (χ0v) is 17.4. The molecule has 1 amide bonds. The predicted octanol–water partition coefficient (Wildman–Crippen LogP) is 1.78. The highest BCUT2D eigenvalue weighted by molar-refractivity contribution is 5.81. The topological polar surface area (TPSA) is 60.0 Å². The van der Waals surface area contributed by atoms with E-state index in [1.807, 2.05) is 25.8 Å². The van der Waals surface area contributed by atoms with Crippen LogP contribution in [0.2, 0.25) is 0 Å². The molecule has 150 valence electrons. The van der Waals surface area contributed by atoms with Gasteiger partial charge in [0.25, 0.3) is 0 Å². The van der Waals surface area contributed by atoms with Crippen molar-refractivity contribution in [2.24, 2.45) is 22.7 Å². The zero-order chi connectivity index (χ0) is 19.1. The monoisotopic (exact) mass is 365 g/mol. The molecule has 0 saturated carbocycles. The average Bonchev–Trinajstić information content (AvgIpc) is 3.04. The van der Waals surface area contributed by atoms with E-state index in [-0.39, 0.29) is 11.8 Å². The number of piperidine rings is 1. The number of guanidine groups is 1. The van der Waals surface area contributed by atoms with Gasteiger partial charge in [-0.2, -0.15) is 0 Å². The second kappa shape index (κ2) is 10.1. The van der Waals surface area contributed by atoms with E-state index in [1.165, 1.54) is 19.5 Å². The summed E-state index contributed by atoms with van der Waals surface area (Å²) in [5.74, 6) is 2.82. The SMILES string of the molecule is CN=C(NCCCN1CC(C)CC(C)C1)NC1CCN(C(=O)C(C)C)C1. The van der Waals surface area contributed by atoms with Gasteiger partial charge < -0.3 is 20.4 Å². The molecule has 6 heteroatoms. The number of hydrogen-bond acceptors (Lipinski definition) is 3. The molecule has 0 aromatic carbocycles. The van der Waals surface area contributed by atoms with Crippen molar-refractivity contribution in [2.75, 3.05) is 46.3 Å². The number of nitrogens with zero attached hydrogens (tertiary/aromatic N) is 3. The predicted molar refractivity (Wildman–Crippen MR) is 108 cm³/mol. The molecule has 2 rings (SSSR count). The Balaban J connectivity index is 1.65. The molecule has 2 fully saturated rings. The quantitative estimate of drug-likeness (QED) is 0.428. The highest BCUT2D eigenvalue weighted by Crippen LogP contribution is 2.20. The third kappa shape index (κ3) is 6.45. The van der Waals surface area contributed by atoms with Gasteiger partial charge in [0.15, 0.2) is 5.96 Å². The summed E-state index contributed by atoms with van der Waals surface area (Å²) in [6.07, 6.45) is 3.48. The Morgan fingerprint density at radius 1 is 1.19 bits per heavy atom. The number of rotatable bonds is 6. The summed E-state index contributed by atoms with van der Waals surface area (Å²) in [6.45, 7) is 14.8. The van der Waals surface area contributed by atoms with E-state index in [4.69, 9.17) is 0 Å². The third-order valence-corrected chi connectivity index (χ3v) is 5.45. The molecule has 0 radical (unpaired) electrons. The maximum absolute atomic E-state index is 12.1. The summed E-state index contributed by atoms with van der Waals surface area (Å²) in [7, 11) is 1.81. The fourth-order valence-corrected chi connectivity index (χ4v) is 4.32. The summed E-state index contributed by atoms with van der Waals surface area (Å²) < 4.78 is 0. The van der Waals surface area contributed by atoms with Crippen LogP contribution in [0.1, 0.15) is 47.0 Å². The molecule has 0 bridgehead atoms. The van der Waals surface area contributed by atoms with Gasteiger partial charge in [-0.25, -0.2) is 0 Å². The van der Waals surface area contributed by atoms with E-state index >= 15 is 0 Å². The third-order valence-electron chi connectivity index (χ3n) is 5.45. The molecule has 0 aromatic rings. The maximum Gasteiger partial charge on any atom is 0.225 e. The van der Waals surface area contributed by atoms with E-state index in [2.05, 4.69) is 34.4 Å². The van der Waals surface area contributed by atoms with Crippen LogP contribution in [-0.2, 0) is 4.79 Å². The fraction of sp³-hybridized carbons (Fsp3) is 0.900. The van der Waals surface area contributed by atoms with Crippen molar-refractivity contribution in [1.29, 1.82) is 0 Å². The van der Waals surface area contributed by atoms with Crippen molar-refractivity contribution in [1.82, 2.24) is 20.4 Å². The Labute approximate surface area is 159 Å². The van der Waals surface area contributed by atoms with Crippen LogP contribution >= 0.6 is 0 Å². The number of likely N-dealkylation sites (tertiary alicyclic amines) is 2. The molecule has 2 N–H and O–H groups in total. The molecule has 6 nitrogen and oxygen atoms in total. The largest absolute Gasteiger partial charge is 0.356 e. The molecular weight excluding hydrogens is 326 g/mol. The lowest BCUT2D eigenvalue weighted by Gasteiger charge is -2.35. The van der Waals surface area contributed by atoms with Crippen LogP contribution < -0.4 is 10.6 Å². The number of hydrogen-bond donors (Lipinski definition) is 2. The highest BCUT2D eigenvalue weighted by atomic mass is 16.2. The van der Waals surface area contributed by atoms with E-state index in [0.717, 1.165) is 56.8 Å². The molecule has 26 heavy (non-hydrogen) atoms. The minimum absolute atomic E-state index is 0.0754. The summed E-state index contributed by atoms with van der Waals surface area (Å²) in [6, 6.07) is 0.299. The van der Waals surface area contributed by atoms with E-state index in [1.54, 1.807) is 0 Å². The van der Waals surface area contributed by atoms with Gasteiger partial charge >= 0.3 is 0 Å². The van der Waals surface area contributed by atoms with Gasteiger partial charge in [0, 0.05) is 51.7 Å². The Morgan fingerprint density at radius 2 is 1.88 bits per heavy atom. The van der Waals surface area contributed by atoms with Gasteiger partial charge in [-0.1, -0.05) is 27.7 Å². The minimum Gasteiger partial charge on any atom is -0.356 e. The average molecular weight is 366 g/mol. The number of amides is 1. The summed E-state index contributed by atoms with van der Waals surface area (Å²) in [5.41, 5.74) is 0. The maximum atomic E-state index is 12.1. The Kier molecular flexibility index (Phi) is 8.19.